The minimum Gasteiger partial charge on any atom is -0.351 e. The van der Waals surface area contributed by atoms with E-state index in [1.54, 1.807) is 0 Å². The van der Waals surface area contributed by atoms with Crippen LogP contribution in [0.4, 0.5) is 0 Å². The van der Waals surface area contributed by atoms with Crippen molar-refractivity contribution in [1.29, 1.82) is 0 Å². The predicted molar refractivity (Wildman–Crippen MR) is 82.8 cm³/mol. The Kier molecular flexibility index (Phi) is 5.00. The lowest BCUT2D eigenvalue weighted by atomic mass is 10.1. The molecule has 0 bridgehead atoms. The summed E-state index contributed by atoms with van der Waals surface area (Å²) in [7, 11) is 1.95. The van der Waals surface area contributed by atoms with Gasteiger partial charge in [-0.25, -0.2) is 0 Å². The Morgan fingerprint density at radius 1 is 1.48 bits per heavy atom. The zero-order valence-electron chi connectivity index (χ0n) is 13.5. The van der Waals surface area contributed by atoms with Gasteiger partial charge in [0, 0.05) is 36.9 Å². The summed E-state index contributed by atoms with van der Waals surface area (Å²) in [6.45, 7) is 8.44. The van der Waals surface area contributed by atoms with Gasteiger partial charge >= 0.3 is 0 Å². The van der Waals surface area contributed by atoms with Crippen LogP contribution in [0.5, 0.6) is 0 Å². The largest absolute Gasteiger partial charge is 0.351 e. The molecule has 2 atom stereocenters. The van der Waals surface area contributed by atoms with Gasteiger partial charge in [0.1, 0.15) is 0 Å². The summed E-state index contributed by atoms with van der Waals surface area (Å²) in [5, 5.41) is 7.58. The Balaban J connectivity index is 1.98. The smallest absolute Gasteiger partial charge is 0.237 e. The first kappa shape index (κ1) is 16.0. The number of nitrogens with zero attached hydrogens (tertiary/aromatic N) is 3. The summed E-state index contributed by atoms with van der Waals surface area (Å²) < 4.78 is 2.02. The van der Waals surface area contributed by atoms with E-state index < -0.39 is 0 Å². The summed E-state index contributed by atoms with van der Waals surface area (Å²) in [6, 6.07) is -0.00664. The maximum atomic E-state index is 12.3. The van der Waals surface area contributed by atoms with Crippen LogP contribution in [0.3, 0.4) is 0 Å². The molecule has 1 aliphatic rings. The molecule has 1 aromatic heterocycles. The van der Waals surface area contributed by atoms with Crippen molar-refractivity contribution in [1.82, 2.24) is 20.0 Å². The molecule has 1 fully saturated rings. The van der Waals surface area contributed by atoms with Crippen LogP contribution in [-0.2, 0) is 17.9 Å². The third-order valence-electron chi connectivity index (χ3n) is 4.29. The van der Waals surface area contributed by atoms with E-state index in [4.69, 9.17) is 5.73 Å². The number of carbonyl (C=O) groups is 1. The van der Waals surface area contributed by atoms with Crippen LogP contribution < -0.4 is 11.1 Å². The number of likely N-dealkylation sites (tertiary alicyclic amines) is 1. The van der Waals surface area contributed by atoms with Crippen molar-refractivity contribution in [3.8, 4) is 0 Å². The first-order valence-corrected chi connectivity index (χ1v) is 7.70. The number of hydrogen-bond donors (Lipinski definition) is 2. The van der Waals surface area contributed by atoms with Gasteiger partial charge in [-0.15, -0.1) is 0 Å². The van der Waals surface area contributed by atoms with Crippen molar-refractivity contribution in [2.75, 3.05) is 13.6 Å². The second-order valence-electron chi connectivity index (χ2n) is 6.04. The molecule has 2 heterocycles. The van der Waals surface area contributed by atoms with Gasteiger partial charge in [-0.05, 0) is 33.7 Å². The van der Waals surface area contributed by atoms with Crippen molar-refractivity contribution in [2.24, 2.45) is 5.73 Å². The number of nitrogens with one attached hydrogen (secondary N) is 1. The van der Waals surface area contributed by atoms with Crippen LogP contribution in [0.15, 0.2) is 0 Å². The average Bonchev–Trinajstić information content (AvgIpc) is 2.89. The predicted octanol–water partition coefficient (Wildman–Crippen LogP) is 0.558. The molecular formula is C15H27N5O. The van der Waals surface area contributed by atoms with Gasteiger partial charge in [-0.2, -0.15) is 5.10 Å². The maximum absolute atomic E-state index is 12.3. The Morgan fingerprint density at radius 2 is 2.19 bits per heavy atom. The molecule has 1 amide bonds. The molecule has 0 spiro atoms. The highest BCUT2D eigenvalue weighted by Crippen LogP contribution is 2.16. The van der Waals surface area contributed by atoms with Crippen LogP contribution in [-0.4, -0.2) is 46.3 Å². The van der Waals surface area contributed by atoms with Gasteiger partial charge in [0.25, 0.3) is 0 Å². The first-order valence-electron chi connectivity index (χ1n) is 7.70. The number of hydrogen-bond acceptors (Lipinski definition) is 4. The molecule has 0 unspecified atom stereocenters. The Bertz CT molecular complexity index is 510. The molecule has 0 aliphatic carbocycles. The van der Waals surface area contributed by atoms with Gasteiger partial charge in [0.2, 0.25) is 5.91 Å². The second kappa shape index (κ2) is 6.58. The average molecular weight is 293 g/mol. The third kappa shape index (κ3) is 3.44. The molecule has 6 nitrogen and oxygen atoms in total. The first-order chi connectivity index (χ1) is 9.93. The number of amides is 1. The lowest BCUT2D eigenvalue weighted by Gasteiger charge is -2.18. The molecule has 3 N–H and O–H groups in total. The molecular weight excluding hydrogens is 266 g/mol. The molecule has 2 rings (SSSR count). The van der Waals surface area contributed by atoms with Crippen molar-refractivity contribution in [3.05, 3.63) is 17.0 Å². The van der Waals surface area contributed by atoms with Crippen LogP contribution in [0.1, 0.15) is 36.7 Å². The molecule has 21 heavy (non-hydrogen) atoms. The van der Waals surface area contributed by atoms with Crippen molar-refractivity contribution in [3.63, 3.8) is 0 Å². The molecule has 1 aliphatic heterocycles. The number of aryl methyl sites for hydroxylation is 2. The highest BCUT2D eigenvalue weighted by molar-refractivity contribution is 5.82. The molecule has 0 aromatic carbocycles. The highest BCUT2D eigenvalue weighted by atomic mass is 16.2. The van der Waals surface area contributed by atoms with Crippen LogP contribution in [0.25, 0.3) is 0 Å². The molecule has 0 radical (unpaired) electrons. The zero-order valence-corrected chi connectivity index (χ0v) is 13.5. The fraction of sp³-hybridized carbons (Fsp3) is 0.733. The molecule has 0 saturated carbocycles. The summed E-state index contributed by atoms with van der Waals surface area (Å²) in [6.07, 6.45) is 1.79. The number of carbonyl (C=O) groups excluding carboxylic acids is 1. The minimum atomic E-state index is -0.105. The van der Waals surface area contributed by atoms with E-state index in [1.807, 2.05) is 23.6 Å². The summed E-state index contributed by atoms with van der Waals surface area (Å²) in [5.74, 6) is 0.0625. The van der Waals surface area contributed by atoms with E-state index in [-0.39, 0.29) is 18.0 Å². The number of rotatable bonds is 5. The topological polar surface area (TPSA) is 76.2 Å². The maximum Gasteiger partial charge on any atom is 0.237 e. The van der Waals surface area contributed by atoms with E-state index in [1.165, 1.54) is 0 Å². The minimum absolute atomic E-state index is 0.0625. The fourth-order valence-electron chi connectivity index (χ4n) is 3.06. The zero-order chi connectivity index (χ0) is 15.6. The van der Waals surface area contributed by atoms with Gasteiger partial charge in [-0.3, -0.25) is 14.4 Å². The van der Waals surface area contributed by atoms with Gasteiger partial charge < -0.3 is 11.1 Å². The molecule has 1 aromatic rings. The van der Waals surface area contributed by atoms with Crippen LogP contribution in [0, 0.1) is 13.8 Å². The standard InChI is InChI=1S/C15H27N5O/c1-5-6-20-11(3)13(10(2)18-20)8-17-15(21)14-7-12(16)9-19(14)4/h12,14H,5-9,16H2,1-4H3,(H,17,21)/t12-,14-/m0/s1. The van der Waals surface area contributed by atoms with Crippen molar-refractivity contribution >= 4 is 5.91 Å². The summed E-state index contributed by atoms with van der Waals surface area (Å²) >= 11 is 0. The normalized spacial score (nSPS) is 22.7. The Labute approximate surface area is 126 Å². The molecule has 1 saturated heterocycles. The van der Waals surface area contributed by atoms with E-state index >= 15 is 0 Å². The third-order valence-corrected chi connectivity index (χ3v) is 4.29. The van der Waals surface area contributed by atoms with E-state index in [0.717, 1.165) is 42.9 Å². The fourth-order valence-corrected chi connectivity index (χ4v) is 3.06. The van der Waals surface area contributed by atoms with E-state index in [2.05, 4.69) is 24.3 Å². The lowest BCUT2D eigenvalue weighted by molar-refractivity contribution is -0.125. The number of nitrogens with two attached hydrogens (primary N) is 1. The second-order valence-corrected chi connectivity index (χ2v) is 6.04. The van der Waals surface area contributed by atoms with Gasteiger partial charge in [-0.1, -0.05) is 6.92 Å². The SMILES string of the molecule is CCCn1nc(C)c(CNC(=O)[C@@H]2C[C@H](N)CN2C)c1C. The van der Waals surface area contributed by atoms with E-state index in [9.17, 15) is 4.79 Å². The number of aromatic nitrogens is 2. The summed E-state index contributed by atoms with van der Waals surface area (Å²) in [4.78, 5) is 14.3. The van der Waals surface area contributed by atoms with Gasteiger partial charge in [0.15, 0.2) is 0 Å². The van der Waals surface area contributed by atoms with Crippen LogP contribution in [0.2, 0.25) is 0 Å². The Morgan fingerprint density at radius 3 is 2.76 bits per heavy atom. The summed E-state index contributed by atoms with van der Waals surface area (Å²) in [5.41, 5.74) is 9.18. The van der Waals surface area contributed by atoms with Crippen molar-refractivity contribution in [2.45, 2.75) is 58.8 Å². The Hall–Kier alpha value is -1.40. The molecule has 6 heteroatoms. The highest BCUT2D eigenvalue weighted by Gasteiger charge is 2.32. The quantitative estimate of drug-likeness (QED) is 0.831. The number of likely N-dealkylation sites (N-methyl/N-ethyl adjacent to an activating group) is 1. The lowest BCUT2D eigenvalue weighted by Crippen LogP contribution is -2.41. The van der Waals surface area contributed by atoms with E-state index in [0.29, 0.717) is 6.54 Å². The monoisotopic (exact) mass is 293 g/mol. The molecule has 118 valence electrons. The van der Waals surface area contributed by atoms with Crippen molar-refractivity contribution < 1.29 is 4.79 Å². The van der Waals surface area contributed by atoms with Gasteiger partial charge in [0.05, 0.1) is 11.7 Å². The van der Waals surface area contributed by atoms with Crippen LogP contribution >= 0.6 is 0 Å².